The molecule has 0 spiro atoms. The molecule has 0 fully saturated rings. The van der Waals surface area contributed by atoms with Gasteiger partial charge in [0.05, 0.1) is 0 Å². The maximum atomic E-state index is 3.82. The van der Waals surface area contributed by atoms with Gasteiger partial charge in [-0.15, -0.1) is 0 Å². The van der Waals surface area contributed by atoms with E-state index < -0.39 is 0 Å². The summed E-state index contributed by atoms with van der Waals surface area (Å²) in [6, 6.07) is 60.2. The molecule has 274 valence electrons. The van der Waals surface area contributed by atoms with Crippen LogP contribution in [0.4, 0.5) is 0 Å². The van der Waals surface area contributed by atoms with Gasteiger partial charge in [0.2, 0.25) is 0 Å². The Morgan fingerprint density at radius 1 is 0.400 bits per heavy atom. The fourth-order valence-corrected chi connectivity index (χ4v) is 6.66. The molecule has 0 aliphatic carbocycles. The standard InChI is InChI=1S/C29H30.C19H16.C7H8/c1-7-8-12-26(20(2)3)28-18-24(16-14-22(28)5)25-17-15-23(6)29(19-25)27-13-10-9-11-21(27)4;1-15-12-18(16-8-4-2-5-9-16)14-19(13-15)17-10-6-3-7-11-17;1-7-5-3-2-4-6-7/h7-19H,1H2,2-6H3;2-14H,1H3;2-6H,1H3/b12-8-;;. The van der Waals surface area contributed by atoms with Gasteiger partial charge in [0.25, 0.3) is 0 Å². The van der Waals surface area contributed by atoms with Crippen LogP contribution in [0.15, 0.2) is 200 Å². The second-order valence-corrected chi connectivity index (χ2v) is 14.4. The Bertz CT molecular complexity index is 2310. The minimum Gasteiger partial charge on any atom is -0.0991 e. The number of rotatable bonds is 7. The fraction of sp³-hybridized carbons (Fsp3) is 0.127. The molecule has 0 bridgehead atoms. The van der Waals surface area contributed by atoms with Crippen LogP contribution in [-0.4, -0.2) is 0 Å². The molecular weight excluding hydrogens is 661 g/mol. The fourth-order valence-electron chi connectivity index (χ4n) is 6.66. The lowest BCUT2D eigenvalue weighted by molar-refractivity contribution is 1.35. The van der Waals surface area contributed by atoms with Crippen molar-refractivity contribution >= 4 is 5.57 Å². The summed E-state index contributed by atoms with van der Waals surface area (Å²) in [4.78, 5) is 0. The zero-order valence-corrected chi connectivity index (χ0v) is 33.6. The Balaban J connectivity index is 0.000000189. The van der Waals surface area contributed by atoms with Crippen molar-refractivity contribution in [3.63, 3.8) is 0 Å². The van der Waals surface area contributed by atoms with Gasteiger partial charge in [-0.3, -0.25) is 0 Å². The summed E-state index contributed by atoms with van der Waals surface area (Å²) in [5, 5.41) is 0. The molecule has 0 heterocycles. The quantitative estimate of drug-likeness (QED) is 0.144. The Kier molecular flexibility index (Phi) is 14.3. The first-order valence-electron chi connectivity index (χ1n) is 19.1. The number of benzene rings is 7. The normalized spacial score (nSPS) is 10.5. The highest BCUT2D eigenvalue weighted by Gasteiger charge is 2.11. The summed E-state index contributed by atoms with van der Waals surface area (Å²) >= 11 is 0. The van der Waals surface area contributed by atoms with Crippen molar-refractivity contribution in [1.29, 1.82) is 0 Å². The van der Waals surface area contributed by atoms with E-state index >= 15 is 0 Å². The number of hydrogen-bond donors (Lipinski definition) is 0. The molecule has 0 atom stereocenters. The maximum Gasteiger partial charge on any atom is -0.0146 e. The van der Waals surface area contributed by atoms with Crippen LogP contribution in [0.1, 0.15) is 47.2 Å². The molecule has 0 saturated heterocycles. The first kappa shape index (κ1) is 40.0. The lowest BCUT2D eigenvalue weighted by Crippen LogP contribution is -1.92. The van der Waals surface area contributed by atoms with Crippen molar-refractivity contribution in [3.8, 4) is 44.5 Å². The van der Waals surface area contributed by atoms with Crippen LogP contribution in [-0.2, 0) is 0 Å². The average molecular weight is 715 g/mol. The van der Waals surface area contributed by atoms with Gasteiger partial charge in [-0.2, -0.15) is 0 Å². The number of allylic oxidation sites excluding steroid dienone is 5. The van der Waals surface area contributed by atoms with E-state index in [0.717, 1.165) is 0 Å². The third kappa shape index (κ3) is 11.1. The molecule has 0 heteroatoms. The number of aryl methyl sites for hydroxylation is 5. The van der Waals surface area contributed by atoms with E-state index in [1.165, 1.54) is 89.0 Å². The van der Waals surface area contributed by atoms with Gasteiger partial charge in [-0.25, -0.2) is 0 Å². The highest BCUT2D eigenvalue weighted by molar-refractivity contribution is 5.83. The summed E-state index contributed by atoms with van der Waals surface area (Å²) in [6.45, 7) is 18.9. The van der Waals surface area contributed by atoms with Gasteiger partial charge < -0.3 is 0 Å². The Hall–Kier alpha value is -6.24. The second-order valence-electron chi connectivity index (χ2n) is 14.4. The molecule has 0 N–H and O–H groups in total. The molecule has 7 aromatic carbocycles. The smallest absolute Gasteiger partial charge is 0.0146 e. The average Bonchev–Trinajstić information content (AvgIpc) is 3.20. The van der Waals surface area contributed by atoms with Gasteiger partial charge in [0, 0.05) is 0 Å². The van der Waals surface area contributed by atoms with Gasteiger partial charge >= 0.3 is 0 Å². The van der Waals surface area contributed by atoms with Crippen LogP contribution in [0.3, 0.4) is 0 Å². The summed E-state index contributed by atoms with van der Waals surface area (Å²) in [7, 11) is 0. The van der Waals surface area contributed by atoms with Crippen molar-refractivity contribution in [2.24, 2.45) is 0 Å². The van der Waals surface area contributed by atoms with Crippen LogP contribution in [0.25, 0.3) is 50.1 Å². The summed E-state index contributed by atoms with van der Waals surface area (Å²) in [6.07, 6.45) is 6.00. The largest absolute Gasteiger partial charge is 0.0991 e. The molecule has 0 aliphatic rings. The minimum absolute atomic E-state index is 1.24. The SMILES string of the molecule is C=C/C=C\C(=C(C)C)c1cc(-c2ccc(C)c(-c3ccccc3C)c2)ccc1C.Cc1cc(-c2ccccc2)cc(-c2ccccc2)c1.Cc1ccccc1. The monoisotopic (exact) mass is 714 g/mol. The van der Waals surface area contributed by atoms with Crippen molar-refractivity contribution in [2.45, 2.75) is 48.5 Å². The summed E-state index contributed by atoms with van der Waals surface area (Å²) in [5.41, 5.74) is 20.5. The van der Waals surface area contributed by atoms with E-state index in [2.05, 4.69) is 213 Å². The van der Waals surface area contributed by atoms with Gasteiger partial charge in [0.1, 0.15) is 0 Å². The molecule has 0 unspecified atom stereocenters. The topological polar surface area (TPSA) is 0 Å². The van der Waals surface area contributed by atoms with Crippen LogP contribution >= 0.6 is 0 Å². The minimum atomic E-state index is 1.24. The second kappa shape index (κ2) is 19.7. The maximum absolute atomic E-state index is 3.82. The molecule has 0 amide bonds. The summed E-state index contributed by atoms with van der Waals surface area (Å²) in [5.74, 6) is 0. The predicted octanol–water partition coefficient (Wildman–Crippen LogP) is 15.8. The first-order chi connectivity index (χ1) is 26.6. The molecule has 0 aromatic heterocycles. The zero-order chi connectivity index (χ0) is 39.2. The Morgan fingerprint density at radius 2 is 0.891 bits per heavy atom. The molecular formula is C55H54. The van der Waals surface area contributed by atoms with Gasteiger partial charge in [-0.05, 0) is 145 Å². The third-order valence-corrected chi connectivity index (χ3v) is 9.70. The molecule has 7 aromatic rings. The lowest BCUT2D eigenvalue weighted by Gasteiger charge is -2.15. The Morgan fingerprint density at radius 3 is 1.40 bits per heavy atom. The highest BCUT2D eigenvalue weighted by Crippen LogP contribution is 2.34. The zero-order valence-electron chi connectivity index (χ0n) is 33.6. The first-order valence-corrected chi connectivity index (χ1v) is 19.1. The van der Waals surface area contributed by atoms with Crippen molar-refractivity contribution in [2.75, 3.05) is 0 Å². The van der Waals surface area contributed by atoms with Crippen LogP contribution in [0, 0.1) is 34.6 Å². The molecule has 0 nitrogen and oxygen atoms in total. The molecule has 0 radical (unpaired) electrons. The van der Waals surface area contributed by atoms with Crippen LogP contribution in [0.2, 0.25) is 0 Å². The molecule has 0 aliphatic heterocycles. The van der Waals surface area contributed by atoms with E-state index in [0.29, 0.717) is 0 Å². The van der Waals surface area contributed by atoms with Crippen LogP contribution in [0.5, 0.6) is 0 Å². The number of hydrogen-bond acceptors (Lipinski definition) is 0. The van der Waals surface area contributed by atoms with Crippen molar-refractivity contribution < 1.29 is 0 Å². The van der Waals surface area contributed by atoms with Crippen LogP contribution < -0.4 is 0 Å². The molecule has 55 heavy (non-hydrogen) atoms. The van der Waals surface area contributed by atoms with Gasteiger partial charge in [-0.1, -0.05) is 188 Å². The van der Waals surface area contributed by atoms with E-state index in [1.54, 1.807) is 0 Å². The third-order valence-electron chi connectivity index (χ3n) is 9.70. The Labute approximate surface area is 330 Å². The van der Waals surface area contributed by atoms with Crippen molar-refractivity contribution in [1.82, 2.24) is 0 Å². The molecule has 0 saturated carbocycles. The lowest BCUT2D eigenvalue weighted by atomic mass is 9.90. The van der Waals surface area contributed by atoms with E-state index in [4.69, 9.17) is 0 Å². The van der Waals surface area contributed by atoms with E-state index in [1.807, 2.05) is 30.4 Å². The van der Waals surface area contributed by atoms with E-state index in [9.17, 15) is 0 Å². The van der Waals surface area contributed by atoms with E-state index in [-0.39, 0.29) is 0 Å². The van der Waals surface area contributed by atoms with Gasteiger partial charge in [0.15, 0.2) is 0 Å². The summed E-state index contributed by atoms with van der Waals surface area (Å²) < 4.78 is 0. The van der Waals surface area contributed by atoms with Crippen molar-refractivity contribution in [3.05, 3.63) is 234 Å². The highest BCUT2D eigenvalue weighted by atomic mass is 14.2. The molecule has 7 rings (SSSR count). The predicted molar refractivity (Wildman–Crippen MR) is 242 cm³/mol.